The van der Waals surface area contributed by atoms with Crippen LogP contribution in [-0.2, 0) is 11.2 Å². The van der Waals surface area contributed by atoms with Gasteiger partial charge in [0.25, 0.3) is 5.69 Å². The van der Waals surface area contributed by atoms with Gasteiger partial charge in [-0.15, -0.1) is 0 Å². The summed E-state index contributed by atoms with van der Waals surface area (Å²) in [4.78, 5) is 26.8. The van der Waals surface area contributed by atoms with Gasteiger partial charge in [-0.2, -0.15) is 4.98 Å². The van der Waals surface area contributed by atoms with Gasteiger partial charge in [-0.3, -0.25) is 14.9 Å². The Labute approximate surface area is 154 Å². The Morgan fingerprint density at radius 3 is 2.85 bits per heavy atom. The third-order valence-corrected chi connectivity index (χ3v) is 3.74. The molecule has 9 nitrogen and oxygen atoms in total. The van der Waals surface area contributed by atoms with Gasteiger partial charge in [0.15, 0.2) is 0 Å². The average molecular weight is 368 g/mol. The van der Waals surface area contributed by atoms with Crippen molar-refractivity contribution >= 4 is 17.3 Å². The van der Waals surface area contributed by atoms with Crippen LogP contribution in [0.5, 0.6) is 5.75 Å². The molecule has 1 N–H and O–H groups in total. The lowest BCUT2D eigenvalue weighted by Crippen LogP contribution is -2.13. The fraction of sp³-hybridized carbons (Fsp3) is 0.167. The standard InChI is InChI=1S/C18H16N4O5/c1-26-13-6-4-5-12(11-13)18-20-17(27-21-18)10-9-16(23)19-14-7-2-3-8-15(14)22(24)25/h2-8,11H,9-10H2,1H3,(H,19,23). The monoisotopic (exact) mass is 368 g/mol. The third kappa shape index (κ3) is 4.46. The minimum absolute atomic E-state index is 0.0474. The topological polar surface area (TPSA) is 120 Å². The van der Waals surface area contributed by atoms with Crippen molar-refractivity contribution in [1.29, 1.82) is 0 Å². The molecule has 9 heteroatoms. The van der Waals surface area contributed by atoms with Gasteiger partial charge in [-0.25, -0.2) is 0 Å². The molecule has 2 aromatic carbocycles. The van der Waals surface area contributed by atoms with E-state index in [2.05, 4.69) is 15.5 Å². The number of methoxy groups -OCH3 is 1. The van der Waals surface area contributed by atoms with Gasteiger partial charge >= 0.3 is 0 Å². The Bertz CT molecular complexity index is 970. The van der Waals surface area contributed by atoms with Crippen molar-refractivity contribution in [2.24, 2.45) is 0 Å². The number of aryl methyl sites for hydroxylation is 1. The summed E-state index contributed by atoms with van der Waals surface area (Å²) in [6.07, 6.45) is 0.259. The lowest BCUT2D eigenvalue weighted by molar-refractivity contribution is -0.383. The van der Waals surface area contributed by atoms with Crippen LogP contribution >= 0.6 is 0 Å². The maximum Gasteiger partial charge on any atom is 0.292 e. The fourth-order valence-electron chi connectivity index (χ4n) is 2.41. The van der Waals surface area contributed by atoms with E-state index in [4.69, 9.17) is 9.26 Å². The van der Waals surface area contributed by atoms with Crippen molar-refractivity contribution in [1.82, 2.24) is 10.1 Å². The molecule has 0 aliphatic rings. The number of rotatable bonds is 7. The SMILES string of the molecule is COc1cccc(-c2noc(CCC(=O)Nc3ccccc3[N+](=O)[O-])n2)c1. The Morgan fingerprint density at radius 2 is 2.07 bits per heavy atom. The molecule has 1 aromatic heterocycles. The van der Waals surface area contributed by atoms with Gasteiger partial charge in [0.05, 0.1) is 12.0 Å². The van der Waals surface area contributed by atoms with Crippen LogP contribution < -0.4 is 10.1 Å². The second-order valence-corrected chi connectivity index (χ2v) is 5.57. The molecular formula is C18H16N4O5. The van der Waals surface area contributed by atoms with E-state index in [1.54, 1.807) is 25.3 Å². The van der Waals surface area contributed by atoms with Crippen LogP contribution in [0.4, 0.5) is 11.4 Å². The van der Waals surface area contributed by atoms with E-state index in [1.165, 1.54) is 18.2 Å². The van der Waals surface area contributed by atoms with Gasteiger partial charge in [0, 0.05) is 24.5 Å². The predicted molar refractivity (Wildman–Crippen MR) is 96.3 cm³/mol. The number of benzene rings is 2. The number of hydrogen-bond donors (Lipinski definition) is 1. The largest absolute Gasteiger partial charge is 0.497 e. The second-order valence-electron chi connectivity index (χ2n) is 5.57. The number of nitro benzene ring substituents is 1. The van der Waals surface area contributed by atoms with Crippen LogP contribution in [0.2, 0.25) is 0 Å². The number of aromatic nitrogens is 2. The first-order valence-electron chi connectivity index (χ1n) is 8.07. The van der Waals surface area contributed by atoms with E-state index in [1.807, 2.05) is 12.1 Å². The first kappa shape index (κ1) is 18.1. The zero-order valence-corrected chi connectivity index (χ0v) is 14.4. The Morgan fingerprint density at radius 1 is 1.26 bits per heavy atom. The molecule has 0 saturated carbocycles. The van der Waals surface area contributed by atoms with Gasteiger partial charge in [0.1, 0.15) is 11.4 Å². The Kier molecular flexibility index (Phi) is 5.41. The minimum Gasteiger partial charge on any atom is -0.497 e. The molecular weight excluding hydrogens is 352 g/mol. The lowest BCUT2D eigenvalue weighted by atomic mass is 10.2. The van der Waals surface area contributed by atoms with Crippen molar-refractivity contribution in [3.05, 3.63) is 64.5 Å². The summed E-state index contributed by atoms with van der Waals surface area (Å²) in [5.41, 5.74) is 0.716. The highest BCUT2D eigenvalue weighted by Crippen LogP contribution is 2.24. The maximum absolute atomic E-state index is 12.1. The number of nitrogens with zero attached hydrogens (tertiary/aromatic N) is 3. The summed E-state index contributed by atoms with van der Waals surface area (Å²) >= 11 is 0. The maximum atomic E-state index is 12.1. The molecule has 1 amide bonds. The van der Waals surface area contributed by atoms with Crippen LogP contribution in [-0.4, -0.2) is 28.1 Å². The Balaban J connectivity index is 1.62. The number of hydrogen-bond acceptors (Lipinski definition) is 7. The quantitative estimate of drug-likeness (QED) is 0.502. The predicted octanol–water partition coefficient (Wildman–Crippen LogP) is 3.22. The molecule has 0 unspecified atom stereocenters. The van der Waals surface area contributed by atoms with Gasteiger partial charge in [-0.1, -0.05) is 29.4 Å². The highest BCUT2D eigenvalue weighted by molar-refractivity contribution is 5.93. The summed E-state index contributed by atoms with van der Waals surface area (Å²) in [7, 11) is 1.57. The van der Waals surface area contributed by atoms with E-state index in [9.17, 15) is 14.9 Å². The molecule has 0 saturated heterocycles. The zero-order chi connectivity index (χ0) is 19.2. The summed E-state index contributed by atoms with van der Waals surface area (Å²) in [6, 6.07) is 13.2. The van der Waals surface area contributed by atoms with Crippen LogP contribution in [0.25, 0.3) is 11.4 Å². The van der Waals surface area contributed by atoms with E-state index in [0.717, 1.165) is 5.56 Å². The van der Waals surface area contributed by atoms with E-state index >= 15 is 0 Å². The average Bonchev–Trinajstić information content (AvgIpc) is 3.16. The van der Waals surface area contributed by atoms with Crippen LogP contribution in [0.15, 0.2) is 53.1 Å². The van der Waals surface area contributed by atoms with E-state index in [0.29, 0.717) is 17.5 Å². The molecule has 3 aromatic rings. The normalized spacial score (nSPS) is 10.4. The summed E-state index contributed by atoms with van der Waals surface area (Å²) < 4.78 is 10.3. The number of nitrogens with one attached hydrogen (secondary N) is 1. The number of para-hydroxylation sites is 2. The highest BCUT2D eigenvalue weighted by Gasteiger charge is 2.16. The first-order chi connectivity index (χ1) is 13.1. The number of anilines is 1. The second kappa shape index (κ2) is 8.09. The zero-order valence-electron chi connectivity index (χ0n) is 14.4. The summed E-state index contributed by atoms with van der Waals surface area (Å²) in [6.45, 7) is 0. The van der Waals surface area contributed by atoms with Crippen molar-refractivity contribution < 1.29 is 19.0 Å². The molecule has 27 heavy (non-hydrogen) atoms. The van der Waals surface area contributed by atoms with Gasteiger partial charge < -0.3 is 14.6 Å². The highest BCUT2D eigenvalue weighted by atomic mass is 16.6. The van der Waals surface area contributed by atoms with E-state index < -0.39 is 4.92 Å². The molecule has 1 heterocycles. The minimum atomic E-state index is -0.548. The molecule has 0 spiro atoms. The Hall–Kier alpha value is -3.75. The smallest absolute Gasteiger partial charge is 0.292 e. The molecule has 0 aliphatic heterocycles. The first-order valence-corrected chi connectivity index (χ1v) is 8.07. The lowest BCUT2D eigenvalue weighted by Gasteiger charge is -2.04. The van der Waals surface area contributed by atoms with Crippen molar-refractivity contribution in [2.75, 3.05) is 12.4 Å². The molecule has 0 bridgehead atoms. The summed E-state index contributed by atoms with van der Waals surface area (Å²) in [5, 5.41) is 17.4. The molecule has 0 fully saturated rings. The molecule has 3 rings (SSSR count). The number of carbonyl (C=O) groups excluding carboxylic acids is 1. The van der Waals surface area contributed by atoms with Crippen molar-refractivity contribution in [3.63, 3.8) is 0 Å². The van der Waals surface area contributed by atoms with Gasteiger partial charge in [0.2, 0.25) is 17.6 Å². The fourth-order valence-corrected chi connectivity index (χ4v) is 2.41. The molecule has 138 valence electrons. The number of ether oxygens (including phenoxy) is 1. The van der Waals surface area contributed by atoms with E-state index in [-0.39, 0.29) is 30.1 Å². The number of carbonyl (C=O) groups is 1. The van der Waals surface area contributed by atoms with Gasteiger partial charge in [-0.05, 0) is 18.2 Å². The molecule has 0 radical (unpaired) electrons. The van der Waals surface area contributed by atoms with Crippen molar-refractivity contribution in [2.45, 2.75) is 12.8 Å². The van der Waals surface area contributed by atoms with Crippen LogP contribution in [0, 0.1) is 10.1 Å². The van der Waals surface area contributed by atoms with Crippen molar-refractivity contribution in [3.8, 4) is 17.1 Å². The number of nitro groups is 1. The van der Waals surface area contributed by atoms with Crippen LogP contribution in [0.1, 0.15) is 12.3 Å². The third-order valence-electron chi connectivity index (χ3n) is 3.74. The van der Waals surface area contributed by atoms with Crippen LogP contribution in [0.3, 0.4) is 0 Å². The summed E-state index contributed by atoms with van der Waals surface area (Å²) in [5.74, 6) is 0.974. The number of amides is 1. The molecule has 0 aliphatic carbocycles. The molecule has 0 atom stereocenters.